The monoisotopic (exact) mass is 360 g/mol. The predicted molar refractivity (Wildman–Crippen MR) is 93.6 cm³/mol. The summed E-state index contributed by atoms with van der Waals surface area (Å²) in [4.78, 5) is 23.0. The lowest BCUT2D eigenvalue weighted by Gasteiger charge is -2.27. The summed E-state index contributed by atoms with van der Waals surface area (Å²) in [5, 5.41) is 0. The summed E-state index contributed by atoms with van der Waals surface area (Å²) in [5.74, 6) is 1.28. The molecule has 6 nitrogen and oxygen atoms in total. The van der Waals surface area contributed by atoms with Crippen molar-refractivity contribution in [1.82, 2.24) is 0 Å². The third-order valence-electron chi connectivity index (χ3n) is 4.71. The van der Waals surface area contributed by atoms with E-state index in [0.29, 0.717) is 42.3 Å². The van der Waals surface area contributed by atoms with Crippen molar-refractivity contribution in [3.8, 4) is 0 Å². The second-order valence-corrected chi connectivity index (χ2v) is 6.72. The summed E-state index contributed by atoms with van der Waals surface area (Å²) in [6, 6.07) is 0. The minimum absolute atomic E-state index is 0.198. The molecule has 0 fully saturated rings. The Morgan fingerprint density at radius 1 is 1.27 bits per heavy atom. The van der Waals surface area contributed by atoms with Crippen LogP contribution in [0.2, 0.25) is 0 Å². The van der Waals surface area contributed by atoms with Gasteiger partial charge in [-0.3, -0.25) is 4.79 Å². The van der Waals surface area contributed by atoms with E-state index in [1.165, 1.54) is 0 Å². The Morgan fingerprint density at radius 2 is 2.04 bits per heavy atom. The van der Waals surface area contributed by atoms with Crippen molar-refractivity contribution in [1.29, 1.82) is 0 Å². The average molecular weight is 360 g/mol. The fourth-order valence-corrected chi connectivity index (χ4v) is 3.29. The van der Waals surface area contributed by atoms with Gasteiger partial charge in [0.15, 0.2) is 11.5 Å². The van der Waals surface area contributed by atoms with Gasteiger partial charge >= 0.3 is 11.9 Å². The summed E-state index contributed by atoms with van der Waals surface area (Å²) in [6.07, 6.45) is 6.95. The molecule has 26 heavy (non-hydrogen) atoms. The van der Waals surface area contributed by atoms with Crippen LogP contribution in [0.15, 0.2) is 46.1 Å². The van der Waals surface area contributed by atoms with Gasteiger partial charge in [-0.2, -0.15) is 0 Å². The van der Waals surface area contributed by atoms with Crippen LogP contribution in [-0.2, 0) is 28.5 Å². The topological polar surface area (TPSA) is 71.1 Å². The smallest absolute Gasteiger partial charge is 0.334 e. The second kappa shape index (κ2) is 7.81. The van der Waals surface area contributed by atoms with E-state index in [-0.39, 0.29) is 18.0 Å². The second-order valence-electron chi connectivity index (χ2n) is 6.72. The molecule has 1 aliphatic carbocycles. The van der Waals surface area contributed by atoms with E-state index < -0.39 is 0 Å². The Balaban J connectivity index is 1.60. The zero-order valence-corrected chi connectivity index (χ0v) is 15.4. The number of esters is 2. The Morgan fingerprint density at radius 3 is 2.73 bits per heavy atom. The lowest BCUT2D eigenvalue weighted by molar-refractivity contribution is -0.141. The molecule has 0 aromatic carbocycles. The Hall–Kier alpha value is -2.50. The largest absolute Gasteiger partial charge is 0.490 e. The van der Waals surface area contributed by atoms with Crippen molar-refractivity contribution in [2.45, 2.75) is 52.1 Å². The maximum atomic E-state index is 11.6. The summed E-state index contributed by atoms with van der Waals surface area (Å²) in [5.41, 5.74) is 2.85. The van der Waals surface area contributed by atoms with E-state index >= 15 is 0 Å². The van der Waals surface area contributed by atoms with Crippen LogP contribution < -0.4 is 0 Å². The van der Waals surface area contributed by atoms with E-state index in [4.69, 9.17) is 18.9 Å². The van der Waals surface area contributed by atoms with Crippen molar-refractivity contribution in [2.75, 3.05) is 13.7 Å². The molecule has 0 amide bonds. The number of carbonyl (C=O) groups excluding carboxylic acids is 2. The molecule has 3 rings (SSSR count). The number of ether oxygens (including phenoxy) is 4. The van der Waals surface area contributed by atoms with E-state index in [1.54, 1.807) is 14.0 Å². The van der Waals surface area contributed by atoms with Gasteiger partial charge in [0.2, 0.25) is 0 Å². The third kappa shape index (κ3) is 4.00. The van der Waals surface area contributed by atoms with Gasteiger partial charge in [0, 0.05) is 24.8 Å². The standard InChI is InChI=1S/C20H24O6/c1-12(10-15-11-13(2)20(22)25-15)8-9-24-16-6-4-14-5-7-17(21)26-18(14)19(16)23-3/h8,11,15H,4-7,9-10H2,1-3H3/b12-8+. The molecule has 2 heterocycles. The summed E-state index contributed by atoms with van der Waals surface area (Å²) in [7, 11) is 1.56. The highest BCUT2D eigenvalue weighted by Crippen LogP contribution is 2.37. The lowest BCUT2D eigenvalue weighted by Crippen LogP contribution is -2.20. The fraction of sp³-hybridized carbons (Fsp3) is 0.500. The molecule has 1 atom stereocenters. The molecule has 0 spiro atoms. The van der Waals surface area contributed by atoms with Gasteiger partial charge in [0.05, 0.1) is 7.11 Å². The van der Waals surface area contributed by atoms with Crippen molar-refractivity contribution in [3.63, 3.8) is 0 Å². The molecule has 0 N–H and O–H groups in total. The molecule has 1 unspecified atom stereocenters. The maximum Gasteiger partial charge on any atom is 0.334 e. The maximum absolute atomic E-state index is 11.6. The lowest BCUT2D eigenvalue weighted by atomic mass is 9.95. The summed E-state index contributed by atoms with van der Waals surface area (Å²) < 4.78 is 21.9. The van der Waals surface area contributed by atoms with E-state index in [0.717, 1.165) is 30.4 Å². The van der Waals surface area contributed by atoms with Gasteiger partial charge in [-0.05, 0) is 44.4 Å². The van der Waals surface area contributed by atoms with Crippen LogP contribution in [0.3, 0.4) is 0 Å². The molecule has 2 aliphatic heterocycles. The molecule has 0 aromatic heterocycles. The molecule has 3 aliphatic rings. The van der Waals surface area contributed by atoms with Gasteiger partial charge in [-0.25, -0.2) is 4.79 Å². The van der Waals surface area contributed by atoms with Crippen molar-refractivity contribution in [3.05, 3.63) is 46.1 Å². The molecular formula is C20H24O6. The predicted octanol–water partition coefficient (Wildman–Crippen LogP) is 3.45. The van der Waals surface area contributed by atoms with Crippen LogP contribution in [0.5, 0.6) is 0 Å². The SMILES string of the molecule is COC1=C(OC/C=C(\C)CC2C=C(C)C(=O)O2)CCC2=C1OC(=O)CC2. The minimum Gasteiger partial charge on any atom is -0.490 e. The number of allylic oxidation sites excluding steroid dienone is 2. The fourth-order valence-electron chi connectivity index (χ4n) is 3.29. The number of hydrogen-bond acceptors (Lipinski definition) is 6. The Kier molecular flexibility index (Phi) is 5.49. The van der Waals surface area contributed by atoms with Crippen molar-refractivity contribution < 1.29 is 28.5 Å². The molecular weight excluding hydrogens is 336 g/mol. The number of cyclic esters (lactones) is 1. The Labute approximate surface area is 153 Å². The van der Waals surface area contributed by atoms with Gasteiger partial charge in [0.1, 0.15) is 18.5 Å². The summed E-state index contributed by atoms with van der Waals surface area (Å²) in [6.45, 7) is 4.12. The number of rotatable bonds is 6. The van der Waals surface area contributed by atoms with Crippen LogP contribution in [0, 0.1) is 0 Å². The Bertz CT molecular complexity index is 737. The molecule has 0 bridgehead atoms. The quantitative estimate of drug-likeness (QED) is 0.534. The van der Waals surface area contributed by atoms with Gasteiger partial charge < -0.3 is 18.9 Å². The van der Waals surface area contributed by atoms with Gasteiger partial charge in [-0.15, -0.1) is 0 Å². The number of hydrogen-bond donors (Lipinski definition) is 0. The molecule has 0 saturated heterocycles. The molecule has 0 aromatic rings. The highest BCUT2D eigenvalue weighted by molar-refractivity contribution is 5.90. The molecule has 140 valence electrons. The van der Waals surface area contributed by atoms with E-state index in [2.05, 4.69) is 0 Å². The molecule has 0 saturated carbocycles. The molecule has 6 heteroatoms. The first-order valence-electron chi connectivity index (χ1n) is 8.86. The number of methoxy groups -OCH3 is 1. The third-order valence-corrected chi connectivity index (χ3v) is 4.71. The van der Waals surface area contributed by atoms with Crippen molar-refractivity contribution in [2.24, 2.45) is 0 Å². The van der Waals surface area contributed by atoms with Crippen molar-refractivity contribution >= 4 is 11.9 Å². The first-order valence-corrected chi connectivity index (χ1v) is 8.86. The first-order chi connectivity index (χ1) is 12.5. The van der Waals surface area contributed by atoms with Crippen LogP contribution in [-0.4, -0.2) is 31.8 Å². The van der Waals surface area contributed by atoms with Crippen LogP contribution in [0.25, 0.3) is 0 Å². The van der Waals surface area contributed by atoms with Crippen LogP contribution in [0.4, 0.5) is 0 Å². The highest BCUT2D eigenvalue weighted by Gasteiger charge is 2.30. The number of carbonyl (C=O) groups is 2. The van der Waals surface area contributed by atoms with Gasteiger partial charge in [-0.1, -0.05) is 5.57 Å². The van der Waals surface area contributed by atoms with Crippen LogP contribution in [0.1, 0.15) is 46.0 Å². The first kappa shape index (κ1) is 18.3. The van der Waals surface area contributed by atoms with E-state index in [1.807, 2.05) is 19.1 Å². The molecule has 0 radical (unpaired) electrons. The summed E-state index contributed by atoms with van der Waals surface area (Å²) >= 11 is 0. The normalized spacial score (nSPS) is 23.4. The zero-order valence-electron chi connectivity index (χ0n) is 15.4. The zero-order chi connectivity index (χ0) is 18.7. The minimum atomic E-state index is -0.248. The van der Waals surface area contributed by atoms with Gasteiger partial charge in [0.25, 0.3) is 0 Å². The van der Waals surface area contributed by atoms with E-state index in [9.17, 15) is 9.59 Å². The van der Waals surface area contributed by atoms with Crippen LogP contribution >= 0.6 is 0 Å². The average Bonchev–Trinajstić information content (AvgIpc) is 2.91. The highest BCUT2D eigenvalue weighted by atomic mass is 16.6.